The van der Waals surface area contributed by atoms with Crippen LogP contribution in [0.25, 0.3) is 5.57 Å². The van der Waals surface area contributed by atoms with E-state index < -0.39 is 5.41 Å². The van der Waals surface area contributed by atoms with Crippen molar-refractivity contribution < 1.29 is 14.6 Å². The number of Topliss-reactive ketones (excluding diaryl/α,β-unsaturated/α-hetero) is 1. The van der Waals surface area contributed by atoms with Gasteiger partial charge in [-0.1, -0.05) is 19.1 Å². The van der Waals surface area contributed by atoms with Crippen molar-refractivity contribution in [2.45, 2.75) is 32.6 Å². The Morgan fingerprint density at radius 1 is 1.39 bits per heavy atom. The Bertz CT molecular complexity index is 743. The minimum atomic E-state index is -0.414. The van der Waals surface area contributed by atoms with Crippen LogP contribution in [-0.4, -0.2) is 18.0 Å². The van der Waals surface area contributed by atoms with Crippen LogP contribution in [0.3, 0.4) is 0 Å². The summed E-state index contributed by atoms with van der Waals surface area (Å²) in [5, 5.41) is 10.1. The number of rotatable bonds is 2. The average molecular weight is 310 g/mol. The lowest BCUT2D eigenvalue weighted by atomic mass is 9.58. The van der Waals surface area contributed by atoms with Crippen molar-refractivity contribution in [3.63, 3.8) is 0 Å². The second-order valence-electron chi connectivity index (χ2n) is 6.95. The first-order chi connectivity index (χ1) is 11.1. The summed E-state index contributed by atoms with van der Waals surface area (Å²) < 4.78 is 5.34. The highest BCUT2D eigenvalue weighted by Gasteiger charge is 2.54. The lowest BCUT2D eigenvalue weighted by molar-refractivity contribution is -0.128. The average Bonchev–Trinajstić information content (AvgIpc) is 2.85. The van der Waals surface area contributed by atoms with Gasteiger partial charge in [0, 0.05) is 11.3 Å². The third kappa shape index (κ3) is 1.85. The summed E-state index contributed by atoms with van der Waals surface area (Å²) in [4.78, 5) is 12.5. The first-order valence-corrected chi connectivity index (χ1v) is 8.43. The molecule has 3 heteroatoms. The maximum Gasteiger partial charge on any atom is 0.203 e. The summed E-state index contributed by atoms with van der Waals surface area (Å²) in [6, 6.07) is 6.28. The summed E-state index contributed by atoms with van der Waals surface area (Å²) in [5.41, 5.74) is 3.55. The predicted molar refractivity (Wildman–Crippen MR) is 89.3 cm³/mol. The SMILES string of the molecule is CC[C@]12CC=C3c4ccc(OC)cc4CC[C@H]3[C@H]1C=C(O)C2=O. The molecule has 0 saturated carbocycles. The van der Waals surface area contributed by atoms with E-state index in [4.69, 9.17) is 4.74 Å². The molecule has 1 aromatic rings. The number of ketones is 1. The highest BCUT2D eigenvalue weighted by molar-refractivity contribution is 6.02. The number of hydrogen-bond donors (Lipinski definition) is 1. The van der Waals surface area contributed by atoms with Gasteiger partial charge < -0.3 is 9.84 Å². The lowest BCUT2D eigenvalue weighted by Crippen LogP contribution is -2.41. The topological polar surface area (TPSA) is 46.5 Å². The number of allylic oxidation sites excluding steroid dienone is 4. The minimum Gasteiger partial charge on any atom is -0.505 e. The summed E-state index contributed by atoms with van der Waals surface area (Å²) in [6.07, 6.45) is 7.61. The molecule has 0 aliphatic heterocycles. The molecule has 4 rings (SSSR count). The van der Waals surface area contributed by atoms with Crippen molar-refractivity contribution in [1.29, 1.82) is 0 Å². The number of fused-ring (bicyclic) bond motifs is 5. The molecule has 0 unspecified atom stereocenters. The van der Waals surface area contributed by atoms with E-state index >= 15 is 0 Å². The van der Waals surface area contributed by atoms with Gasteiger partial charge >= 0.3 is 0 Å². The number of aliphatic hydroxyl groups is 1. The quantitative estimate of drug-likeness (QED) is 0.895. The molecule has 0 fully saturated rings. The van der Waals surface area contributed by atoms with Crippen LogP contribution in [-0.2, 0) is 11.2 Å². The van der Waals surface area contributed by atoms with Crippen molar-refractivity contribution in [1.82, 2.24) is 0 Å². The zero-order valence-electron chi connectivity index (χ0n) is 13.6. The molecule has 3 nitrogen and oxygen atoms in total. The second kappa shape index (κ2) is 4.98. The van der Waals surface area contributed by atoms with E-state index in [0.29, 0.717) is 5.92 Å². The van der Waals surface area contributed by atoms with Crippen molar-refractivity contribution in [2.75, 3.05) is 7.11 Å². The number of carbonyl (C=O) groups is 1. The largest absolute Gasteiger partial charge is 0.505 e. The Hall–Kier alpha value is -2.03. The molecule has 0 aromatic heterocycles. The molecule has 0 amide bonds. The molecule has 0 heterocycles. The molecule has 0 saturated heterocycles. The third-order valence-electron chi connectivity index (χ3n) is 6.16. The standard InChI is InChI=1S/C20H22O3/c1-3-20-9-8-15-14-7-5-13(23-2)10-12(14)4-6-16(15)17(20)11-18(21)19(20)22/h5,7-8,10-11,16-17,21H,3-4,6,9H2,1-2H3/t16-,17-,20+/m1/s1. The summed E-state index contributed by atoms with van der Waals surface area (Å²) >= 11 is 0. The fraction of sp³-hybridized carbons (Fsp3) is 0.450. The fourth-order valence-electron chi connectivity index (χ4n) is 4.86. The first kappa shape index (κ1) is 14.6. The molecule has 120 valence electrons. The molecular formula is C20H22O3. The van der Waals surface area contributed by atoms with Crippen LogP contribution in [0.4, 0.5) is 0 Å². The van der Waals surface area contributed by atoms with Gasteiger partial charge in [-0.05, 0) is 66.5 Å². The van der Waals surface area contributed by atoms with E-state index in [2.05, 4.69) is 25.1 Å². The molecule has 1 aromatic carbocycles. The van der Waals surface area contributed by atoms with Gasteiger partial charge in [0.2, 0.25) is 5.78 Å². The molecule has 0 bridgehead atoms. The molecule has 0 spiro atoms. The predicted octanol–water partition coefficient (Wildman–Crippen LogP) is 4.08. The number of ether oxygens (including phenoxy) is 1. The molecule has 23 heavy (non-hydrogen) atoms. The molecule has 3 atom stereocenters. The maximum absolute atomic E-state index is 12.5. The van der Waals surface area contributed by atoms with Gasteiger partial charge in [0.15, 0.2) is 5.76 Å². The molecule has 3 aliphatic carbocycles. The normalized spacial score (nSPS) is 31.7. The minimum absolute atomic E-state index is 0.0213. The zero-order chi connectivity index (χ0) is 16.2. The van der Waals surface area contributed by atoms with Gasteiger partial charge in [-0.2, -0.15) is 0 Å². The number of carbonyl (C=O) groups excluding carboxylic acids is 1. The Kier molecular flexibility index (Phi) is 3.15. The molecule has 3 aliphatic rings. The van der Waals surface area contributed by atoms with E-state index in [1.165, 1.54) is 16.7 Å². The molecule has 0 radical (unpaired) electrons. The van der Waals surface area contributed by atoms with Gasteiger partial charge in [0.1, 0.15) is 5.75 Å². The van der Waals surface area contributed by atoms with E-state index in [-0.39, 0.29) is 17.5 Å². The fourth-order valence-corrected chi connectivity index (χ4v) is 4.86. The Morgan fingerprint density at radius 3 is 2.96 bits per heavy atom. The summed E-state index contributed by atoms with van der Waals surface area (Å²) in [7, 11) is 1.69. The van der Waals surface area contributed by atoms with Crippen LogP contribution >= 0.6 is 0 Å². The van der Waals surface area contributed by atoms with Crippen molar-refractivity contribution in [3.8, 4) is 5.75 Å². The zero-order valence-corrected chi connectivity index (χ0v) is 13.6. The number of aliphatic hydroxyl groups excluding tert-OH is 1. The van der Waals surface area contributed by atoms with E-state index in [9.17, 15) is 9.90 Å². The van der Waals surface area contributed by atoms with Crippen LogP contribution < -0.4 is 4.74 Å². The highest BCUT2D eigenvalue weighted by Crippen LogP contribution is 2.57. The Morgan fingerprint density at radius 2 is 2.22 bits per heavy atom. The second-order valence-corrected chi connectivity index (χ2v) is 6.95. The van der Waals surface area contributed by atoms with Crippen LogP contribution in [0, 0.1) is 17.3 Å². The summed E-state index contributed by atoms with van der Waals surface area (Å²) in [6.45, 7) is 2.07. The number of methoxy groups -OCH3 is 1. The van der Waals surface area contributed by atoms with Gasteiger partial charge in [-0.15, -0.1) is 0 Å². The number of hydrogen-bond acceptors (Lipinski definition) is 3. The van der Waals surface area contributed by atoms with Crippen molar-refractivity contribution in [3.05, 3.63) is 47.2 Å². The van der Waals surface area contributed by atoms with Crippen LogP contribution in [0.5, 0.6) is 5.75 Å². The van der Waals surface area contributed by atoms with Crippen molar-refractivity contribution >= 4 is 11.4 Å². The summed E-state index contributed by atoms with van der Waals surface area (Å²) in [5.74, 6) is 1.29. The van der Waals surface area contributed by atoms with E-state index in [1.54, 1.807) is 7.11 Å². The highest BCUT2D eigenvalue weighted by atomic mass is 16.5. The van der Waals surface area contributed by atoms with Gasteiger partial charge in [-0.25, -0.2) is 0 Å². The van der Waals surface area contributed by atoms with E-state index in [1.807, 2.05) is 12.1 Å². The monoisotopic (exact) mass is 310 g/mol. The van der Waals surface area contributed by atoms with Crippen molar-refractivity contribution in [2.24, 2.45) is 17.3 Å². The molecule has 1 N–H and O–H groups in total. The first-order valence-electron chi connectivity index (χ1n) is 8.43. The van der Waals surface area contributed by atoms with Gasteiger partial charge in [0.25, 0.3) is 0 Å². The smallest absolute Gasteiger partial charge is 0.203 e. The number of benzene rings is 1. The van der Waals surface area contributed by atoms with E-state index in [0.717, 1.165) is 31.4 Å². The van der Waals surface area contributed by atoms with Crippen LogP contribution in [0.1, 0.15) is 37.3 Å². The Balaban J connectivity index is 1.80. The maximum atomic E-state index is 12.5. The molecular weight excluding hydrogens is 288 g/mol. The van der Waals surface area contributed by atoms with Gasteiger partial charge in [-0.3, -0.25) is 4.79 Å². The Labute approximate surface area is 136 Å². The van der Waals surface area contributed by atoms with Gasteiger partial charge in [0.05, 0.1) is 7.11 Å². The number of aryl methyl sites for hydroxylation is 1. The van der Waals surface area contributed by atoms with Crippen LogP contribution in [0.2, 0.25) is 0 Å². The van der Waals surface area contributed by atoms with Crippen LogP contribution in [0.15, 0.2) is 36.1 Å². The lowest BCUT2D eigenvalue weighted by Gasteiger charge is -2.44. The third-order valence-corrected chi connectivity index (χ3v) is 6.16.